The molecule has 0 saturated carbocycles. The zero-order valence-corrected chi connectivity index (χ0v) is 8.15. The molecular formula is C11H18N2. The van der Waals surface area contributed by atoms with E-state index in [1.165, 1.54) is 0 Å². The lowest BCUT2D eigenvalue weighted by Crippen LogP contribution is -2.17. The first-order chi connectivity index (χ1) is 6.28. The third-order valence-electron chi connectivity index (χ3n) is 1.77. The van der Waals surface area contributed by atoms with E-state index in [4.69, 9.17) is 0 Å². The minimum atomic E-state index is 0.922. The summed E-state index contributed by atoms with van der Waals surface area (Å²) >= 11 is 0. The van der Waals surface area contributed by atoms with Gasteiger partial charge in [0, 0.05) is 13.1 Å². The van der Waals surface area contributed by atoms with Gasteiger partial charge in [0.2, 0.25) is 0 Å². The van der Waals surface area contributed by atoms with Crippen LogP contribution in [0.25, 0.3) is 0 Å². The van der Waals surface area contributed by atoms with Gasteiger partial charge in [-0.1, -0.05) is 26.3 Å². The molecule has 0 aromatic rings. The highest BCUT2D eigenvalue weighted by Gasteiger charge is 1.95. The van der Waals surface area contributed by atoms with E-state index in [0.29, 0.717) is 0 Å². The van der Waals surface area contributed by atoms with E-state index in [1.807, 2.05) is 9.80 Å². The molecule has 0 rings (SSSR count). The summed E-state index contributed by atoms with van der Waals surface area (Å²) in [5.41, 5.74) is 0. The zero-order chi connectivity index (χ0) is 10.1. The smallest absolute Gasteiger partial charge is 0.0236 e. The molecule has 0 radical (unpaired) electrons. The van der Waals surface area contributed by atoms with Crippen LogP contribution in [0.2, 0.25) is 0 Å². The summed E-state index contributed by atoms with van der Waals surface area (Å²) in [5.74, 6) is 0. The SMILES string of the molecule is C=CN(C=C)CCCN(C=C)C=C. The summed E-state index contributed by atoms with van der Waals surface area (Å²) < 4.78 is 0. The van der Waals surface area contributed by atoms with Crippen LogP contribution in [0.15, 0.2) is 51.1 Å². The number of hydrogen-bond donors (Lipinski definition) is 0. The minimum Gasteiger partial charge on any atom is -0.355 e. The molecule has 0 aromatic heterocycles. The van der Waals surface area contributed by atoms with Gasteiger partial charge in [0.1, 0.15) is 0 Å². The summed E-state index contributed by atoms with van der Waals surface area (Å²) in [6, 6.07) is 0. The van der Waals surface area contributed by atoms with Crippen molar-refractivity contribution in [3.05, 3.63) is 51.1 Å². The Morgan fingerprint density at radius 3 is 1.23 bits per heavy atom. The Balaban J connectivity index is 3.63. The van der Waals surface area contributed by atoms with Gasteiger partial charge in [0.15, 0.2) is 0 Å². The maximum Gasteiger partial charge on any atom is 0.0236 e. The highest BCUT2D eigenvalue weighted by molar-refractivity contribution is 4.83. The molecule has 0 bridgehead atoms. The van der Waals surface area contributed by atoms with E-state index in [9.17, 15) is 0 Å². The lowest BCUT2D eigenvalue weighted by atomic mass is 10.4. The monoisotopic (exact) mass is 178 g/mol. The number of nitrogens with zero attached hydrogens (tertiary/aromatic N) is 2. The first kappa shape index (κ1) is 11.6. The topological polar surface area (TPSA) is 6.48 Å². The van der Waals surface area contributed by atoms with Crippen molar-refractivity contribution in [1.29, 1.82) is 0 Å². The molecule has 0 amide bonds. The molecular weight excluding hydrogens is 160 g/mol. The Morgan fingerprint density at radius 1 is 0.692 bits per heavy atom. The van der Waals surface area contributed by atoms with Crippen LogP contribution < -0.4 is 0 Å². The second-order valence-corrected chi connectivity index (χ2v) is 2.56. The lowest BCUT2D eigenvalue weighted by molar-refractivity contribution is 0.425. The van der Waals surface area contributed by atoms with Gasteiger partial charge in [-0.05, 0) is 31.2 Å². The molecule has 13 heavy (non-hydrogen) atoms. The highest BCUT2D eigenvalue weighted by Crippen LogP contribution is 1.96. The van der Waals surface area contributed by atoms with Crippen LogP contribution in [0, 0.1) is 0 Å². The third-order valence-corrected chi connectivity index (χ3v) is 1.77. The Morgan fingerprint density at radius 2 is 1.00 bits per heavy atom. The average molecular weight is 178 g/mol. The van der Waals surface area contributed by atoms with Gasteiger partial charge in [-0.25, -0.2) is 0 Å². The summed E-state index contributed by atoms with van der Waals surface area (Å²) in [6.45, 7) is 16.5. The highest BCUT2D eigenvalue weighted by atomic mass is 15.1. The van der Waals surface area contributed by atoms with Crippen molar-refractivity contribution in [2.45, 2.75) is 6.42 Å². The maximum atomic E-state index is 3.67. The van der Waals surface area contributed by atoms with E-state index in [2.05, 4.69) is 26.3 Å². The number of hydrogen-bond acceptors (Lipinski definition) is 2. The summed E-state index contributed by atoms with van der Waals surface area (Å²) in [4.78, 5) is 3.90. The Bertz CT molecular complexity index is 149. The van der Waals surface area contributed by atoms with Crippen molar-refractivity contribution >= 4 is 0 Å². The van der Waals surface area contributed by atoms with Gasteiger partial charge in [-0.3, -0.25) is 0 Å². The largest absolute Gasteiger partial charge is 0.355 e. The van der Waals surface area contributed by atoms with Crippen molar-refractivity contribution in [3.8, 4) is 0 Å². The third kappa shape index (κ3) is 4.90. The van der Waals surface area contributed by atoms with Crippen molar-refractivity contribution in [2.24, 2.45) is 0 Å². The van der Waals surface area contributed by atoms with Gasteiger partial charge in [0.05, 0.1) is 0 Å². The average Bonchev–Trinajstić information content (AvgIpc) is 2.19. The molecule has 0 spiro atoms. The fourth-order valence-corrected chi connectivity index (χ4v) is 0.950. The molecule has 0 aliphatic carbocycles. The van der Waals surface area contributed by atoms with E-state index in [1.54, 1.807) is 24.8 Å². The molecule has 0 N–H and O–H groups in total. The molecule has 0 aromatic carbocycles. The van der Waals surface area contributed by atoms with Crippen LogP contribution in [0.1, 0.15) is 6.42 Å². The predicted octanol–water partition coefficient (Wildman–Crippen LogP) is 2.55. The van der Waals surface area contributed by atoms with E-state index in [-0.39, 0.29) is 0 Å². The van der Waals surface area contributed by atoms with E-state index in [0.717, 1.165) is 19.5 Å². The minimum absolute atomic E-state index is 0.922. The molecule has 2 heteroatoms. The van der Waals surface area contributed by atoms with Crippen molar-refractivity contribution in [1.82, 2.24) is 9.80 Å². The summed E-state index contributed by atoms with van der Waals surface area (Å²) in [7, 11) is 0. The maximum absolute atomic E-state index is 3.67. The standard InChI is InChI=1S/C11H18N2/c1-5-12(6-2)10-9-11-13(7-3)8-4/h5-8H,1-4,9-11H2. The van der Waals surface area contributed by atoms with Crippen molar-refractivity contribution in [2.75, 3.05) is 13.1 Å². The fraction of sp³-hybridized carbons (Fsp3) is 0.273. The molecule has 0 aliphatic rings. The van der Waals surface area contributed by atoms with Crippen molar-refractivity contribution < 1.29 is 0 Å². The van der Waals surface area contributed by atoms with Crippen LogP contribution in [0.4, 0.5) is 0 Å². The molecule has 72 valence electrons. The normalized spacial score (nSPS) is 8.62. The first-order valence-corrected chi connectivity index (χ1v) is 4.30. The Hall–Kier alpha value is -1.44. The second-order valence-electron chi connectivity index (χ2n) is 2.56. The zero-order valence-electron chi connectivity index (χ0n) is 8.15. The van der Waals surface area contributed by atoms with Crippen LogP contribution in [0.3, 0.4) is 0 Å². The van der Waals surface area contributed by atoms with Gasteiger partial charge in [-0.2, -0.15) is 0 Å². The fourth-order valence-electron chi connectivity index (χ4n) is 0.950. The van der Waals surface area contributed by atoms with E-state index >= 15 is 0 Å². The molecule has 0 saturated heterocycles. The second kappa shape index (κ2) is 7.22. The Kier molecular flexibility index (Phi) is 6.42. The van der Waals surface area contributed by atoms with Crippen LogP contribution in [-0.2, 0) is 0 Å². The van der Waals surface area contributed by atoms with E-state index < -0.39 is 0 Å². The number of rotatable bonds is 8. The van der Waals surface area contributed by atoms with Crippen molar-refractivity contribution in [3.63, 3.8) is 0 Å². The summed E-state index contributed by atoms with van der Waals surface area (Å²) in [5, 5.41) is 0. The first-order valence-electron chi connectivity index (χ1n) is 4.30. The van der Waals surface area contributed by atoms with Gasteiger partial charge >= 0.3 is 0 Å². The van der Waals surface area contributed by atoms with Crippen LogP contribution in [0.5, 0.6) is 0 Å². The molecule has 0 aliphatic heterocycles. The molecule has 2 nitrogen and oxygen atoms in total. The Labute approximate surface area is 81.1 Å². The van der Waals surface area contributed by atoms with Crippen LogP contribution in [-0.4, -0.2) is 22.9 Å². The molecule has 0 heterocycles. The molecule has 0 atom stereocenters. The summed E-state index contributed by atoms with van der Waals surface area (Å²) in [6.07, 6.45) is 8.08. The quantitative estimate of drug-likeness (QED) is 0.563. The van der Waals surface area contributed by atoms with Gasteiger partial charge in [-0.15, -0.1) is 0 Å². The van der Waals surface area contributed by atoms with Gasteiger partial charge < -0.3 is 9.80 Å². The molecule has 0 fully saturated rings. The lowest BCUT2D eigenvalue weighted by Gasteiger charge is -2.17. The van der Waals surface area contributed by atoms with Crippen LogP contribution >= 0.6 is 0 Å². The predicted molar refractivity (Wildman–Crippen MR) is 58.8 cm³/mol. The van der Waals surface area contributed by atoms with Gasteiger partial charge in [0.25, 0.3) is 0 Å². The molecule has 0 unspecified atom stereocenters.